The summed E-state index contributed by atoms with van der Waals surface area (Å²) in [7, 11) is 1.57. The van der Waals surface area contributed by atoms with E-state index in [1.807, 2.05) is 24.3 Å². The van der Waals surface area contributed by atoms with Gasteiger partial charge in [0.15, 0.2) is 6.29 Å². The zero-order valence-corrected chi connectivity index (χ0v) is 26.2. The molecule has 0 bridgehead atoms. The van der Waals surface area contributed by atoms with Crippen LogP contribution in [-0.4, -0.2) is 43.5 Å². The molecule has 0 saturated heterocycles. The van der Waals surface area contributed by atoms with Gasteiger partial charge in [0.25, 0.3) is 5.91 Å². The first-order valence-corrected chi connectivity index (χ1v) is 15.1. The highest BCUT2D eigenvalue weighted by molar-refractivity contribution is 6.31. The van der Waals surface area contributed by atoms with Crippen molar-refractivity contribution in [3.63, 3.8) is 0 Å². The molecule has 1 atom stereocenters. The highest BCUT2D eigenvalue weighted by Crippen LogP contribution is 2.42. The maximum atomic E-state index is 13.3. The van der Waals surface area contributed by atoms with Crippen molar-refractivity contribution in [1.29, 1.82) is 0 Å². The van der Waals surface area contributed by atoms with Crippen LogP contribution < -0.4 is 14.8 Å². The lowest BCUT2D eigenvalue weighted by atomic mass is 9.94. The summed E-state index contributed by atoms with van der Waals surface area (Å²) in [4.78, 5) is 25.5. The van der Waals surface area contributed by atoms with Gasteiger partial charge >= 0.3 is 5.97 Å². The number of halogens is 2. The fourth-order valence-electron chi connectivity index (χ4n) is 4.66. The number of benzene rings is 4. The van der Waals surface area contributed by atoms with E-state index in [2.05, 4.69) is 5.32 Å². The summed E-state index contributed by atoms with van der Waals surface area (Å²) < 4.78 is 16.4. The number of methoxy groups -OCH3 is 1. The zero-order valence-electron chi connectivity index (χ0n) is 24.6. The Bertz CT molecular complexity index is 1510. The molecule has 0 heterocycles. The molecule has 0 saturated carbocycles. The van der Waals surface area contributed by atoms with E-state index >= 15 is 0 Å². The van der Waals surface area contributed by atoms with Gasteiger partial charge < -0.3 is 24.6 Å². The Morgan fingerprint density at radius 1 is 0.795 bits per heavy atom. The summed E-state index contributed by atoms with van der Waals surface area (Å²) >= 11 is 12.6. The minimum Gasteiger partial charge on any atom is -0.497 e. The van der Waals surface area contributed by atoms with Crippen LogP contribution in [0.2, 0.25) is 10.0 Å². The SMILES string of the molecule is COc1ccc(C(=O)OCCCCCCNC(=O)c2cc(-c3cccc(Cl)c3)c(OC(C)O)c(-c3cccc(Cl)c3)c2)cc1. The van der Waals surface area contributed by atoms with Crippen molar-refractivity contribution in [2.75, 3.05) is 20.3 Å². The van der Waals surface area contributed by atoms with Gasteiger partial charge in [-0.3, -0.25) is 4.79 Å². The molecular formula is C35H35Cl2NO6. The van der Waals surface area contributed by atoms with Crippen LogP contribution in [0.3, 0.4) is 0 Å². The van der Waals surface area contributed by atoms with Crippen molar-refractivity contribution < 1.29 is 28.9 Å². The molecule has 230 valence electrons. The molecule has 0 spiro atoms. The standard InChI is InChI=1S/C35H35Cl2NO6/c1-23(39)44-33-31(25-9-7-11-28(36)19-25)21-27(22-32(33)26-10-8-12-29(37)20-26)34(40)38-17-5-3-4-6-18-43-35(41)24-13-15-30(42-2)16-14-24/h7-16,19-23,39H,3-6,17-18H2,1-2H3,(H,38,40). The Labute approximate surface area is 267 Å². The first-order chi connectivity index (χ1) is 21.2. The minimum absolute atomic E-state index is 0.242. The number of amides is 1. The summed E-state index contributed by atoms with van der Waals surface area (Å²) in [6.45, 7) is 2.33. The number of rotatable bonds is 14. The lowest BCUT2D eigenvalue weighted by Gasteiger charge is -2.20. The number of hydrogen-bond donors (Lipinski definition) is 2. The summed E-state index contributed by atoms with van der Waals surface area (Å²) in [5.74, 6) is 0.487. The number of hydrogen-bond acceptors (Lipinski definition) is 6. The molecule has 4 aromatic rings. The maximum absolute atomic E-state index is 13.3. The summed E-state index contributed by atoms with van der Waals surface area (Å²) in [5.41, 5.74) is 3.60. The van der Waals surface area contributed by atoms with Crippen molar-refractivity contribution >= 4 is 35.1 Å². The topological polar surface area (TPSA) is 94.1 Å². The van der Waals surface area contributed by atoms with Crippen molar-refractivity contribution in [2.45, 2.75) is 38.9 Å². The van der Waals surface area contributed by atoms with E-state index in [-0.39, 0.29) is 11.9 Å². The molecule has 0 radical (unpaired) electrons. The Kier molecular flexibility index (Phi) is 12.1. The Morgan fingerprint density at radius 2 is 1.39 bits per heavy atom. The second-order valence-electron chi connectivity index (χ2n) is 10.2. The summed E-state index contributed by atoms with van der Waals surface area (Å²) in [6, 6.07) is 24.7. The molecule has 0 fully saturated rings. The van der Waals surface area contributed by atoms with E-state index in [1.165, 1.54) is 6.92 Å². The monoisotopic (exact) mass is 635 g/mol. The molecule has 4 rings (SSSR count). The molecule has 0 aliphatic heterocycles. The Balaban J connectivity index is 1.39. The zero-order chi connectivity index (χ0) is 31.5. The molecule has 4 aromatic carbocycles. The highest BCUT2D eigenvalue weighted by Gasteiger charge is 2.20. The smallest absolute Gasteiger partial charge is 0.338 e. The van der Waals surface area contributed by atoms with Gasteiger partial charge in [0.1, 0.15) is 11.5 Å². The molecule has 1 unspecified atom stereocenters. The molecule has 0 aliphatic carbocycles. The average Bonchev–Trinajstić information content (AvgIpc) is 3.01. The third-order valence-corrected chi connectivity index (χ3v) is 7.30. The lowest BCUT2D eigenvalue weighted by Crippen LogP contribution is -2.24. The summed E-state index contributed by atoms with van der Waals surface area (Å²) in [5, 5.41) is 14.2. The normalized spacial score (nSPS) is 11.5. The molecule has 1 amide bonds. The van der Waals surface area contributed by atoms with Gasteiger partial charge in [0.2, 0.25) is 0 Å². The number of esters is 1. The Morgan fingerprint density at radius 3 is 1.93 bits per heavy atom. The number of unbranched alkanes of at least 4 members (excludes halogenated alkanes) is 3. The van der Waals surface area contributed by atoms with Gasteiger partial charge in [-0.25, -0.2) is 4.79 Å². The van der Waals surface area contributed by atoms with E-state index in [1.54, 1.807) is 67.8 Å². The molecule has 2 N–H and O–H groups in total. The van der Waals surface area contributed by atoms with Crippen LogP contribution in [0.15, 0.2) is 84.9 Å². The second-order valence-corrected chi connectivity index (χ2v) is 11.0. The first kappa shape index (κ1) is 32.9. The predicted molar refractivity (Wildman–Crippen MR) is 174 cm³/mol. The Hall–Kier alpha value is -4.04. The van der Waals surface area contributed by atoms with Gasteiger partial charge in [-0.15, -0.1) is 0 Å². The second kappa shape index (κ2) is 16.1. The average molecular weight is 637 g/mol. The highest BCUT2D eigenvalue weighted by atomic mass is 35.5. The van der Waals surface area contributed by atoms with Crippen LogP contribution in [0.4, 0.5) is 0 Å². The molecule has 0 aliphatic rings. The van der Waals surface area contributed by atoms with Crippen LogP contribution in [0.1, 0.15) is 53.3 Å². The summed E-state index contributed by atoms with van der Waals surface area (Å²) in [6.07, 6.45) is 2.12. The number of ether oxygens (including phenoxy) is 3. The minimum atomic E-state index is -1.10. The predicted octanol–water partition coefficient (Wildman–Crippen LogP) is 8.20. The van der Waals surface area contributed by atoms with Crippen molar-refractivity contribution in [2.24, 2.45) is 0 Å². The van der Waals surface area contributed by atoms with Crippen LogP contribution in [0, 0.1) is 0 Å². The number of carbonyl (C=O) groups is 2. The third-order valence-electron chi connectivity index (χ3n) is 6.83. The maximum Gasteiger partial charge on any atom is 0.338 e. The van der Waals surface area contributed by atoms with Crippen molar-refractivity contribution in [3.05, 3.63) is 106 Å². The van der Waals surface area contributed by atoms with Gasteiger partial charge in [0, 0.05) is 33.3 Å². The van der Waals surface area contributed by atoms with E-state index in [0.717, 1.165) is 36.8 Å². The van der Waals surface area contributed by atoms with Crippen LogP contribution in [0.25, 0.3) is 22.3 Å². The fourth-order valence-corrected chi connectivity index (χ4v) is 5.04. The molecule has 0 aromatic heterocycles. The first-order valence-electron chi connectivity index (χ1n) is 14.4. The number of nitrogens with one attached hydrogen (secondary N) is 1. The fraction of sp³-hybridized carbons (Fsp3) is 0.257. The van der Waals surface area contributed by atoms with E-state index in [0.29, 0.717) is 56.9 Å². The van der Waals surface area contributed by atoms with Gasteiger partial charge in [-0.1, -0.05) is 53.9 Å². The van der Waals surface area contributed by atoms with Crippen molar-refractivity contribution in [3.8, 4) is 33.8 Å². The molecule has 44 heavy (non-hydrogen) atoms. The van der Waals surface area contributed by atoms with E-state index < -0.39 is 6.29 Å². The lowest BCUT2D eigenvalue weighted by molar-refractivity contribution is 0.000555. The molecule has 7 nitrogen and oxygen atoms in total. The van der Waals surface area contributed by atoms with Crippen LogP contribution >= 0.6 is 23.2 Å². The number of aliphatic hydroxyl groups excluding tert-OH is 1. The number of aliphatic hydroxyl groups is 1. The van der Waals surface area contributed by atoms with Crippen LogP contribution in [-0.2, 0) is 4.74 Å². The van der Waals surface area contributed by atoms with E-state index in [4.69, 9.17) is 37.4 Å². The van der Waals surface area contributed by atoms with E-state index in [9.17, 15) is 14.7 Å². The number of carbonyl (C=O) groups excluding carboxylic acids is 2. The van der Waals surface area contributed by atoms with Crippen LogP contribution in [0.5, 0.6) is 11.5 Å². The molecule has 9 heteroatoms. The molecular weight excluding hydrogens is 601 g/mol. The van der Waals surface area contributed by atoms with Gasteiger partial charge in [0.05, 0.1) is 19.3 Å². The van der Waals surface area contributed by atoms with Gasteiger partial charge in [-0.05, 0) is 98.0 Å². The third kappa shape index (κ3) is 9.23. The van der Waals surface area contributed by atoms with Crippen molar-refractivity contribution in [1.82, 2.24) is 5.32 Å². The quantitative estimate of drug-likeness (QED) is 0.0824. The largest absolute Gasteiger partial charge is 0.497 e. The van der Waals surface area contributed by atoms with Gasteiger partial charge in [-0.2, -0.15) is 0 Å².